The molecule has 0 aliphatic rings. The summed E-state index contributed by atoms with van der Waals surface area (Å²) >= 11 is 5.74. The summed E-state index contributed by atoms with van der Waals surface area (Å²) in [5.41, 5.74) is 2.26. The minimum absolute atomic E-state index is 0.510. The number of aryl methyl sites for hydroxylation is 1. The Kier molecular flexibility index (Phi) is 2.77. The largest absolute Gasteiger partial charge is 0.496 e. The summed E-state index contributed by atoms with van der Waals surface area (Å²) in [5, 5.41) is 0. The molecule has 0 saturated carbocycles. The van der Waals surface area contributed by atoms with Crippen LogP contribution in [0.15, 0.2) is 18.2 Å². The van der Waals surface area contributed by atoms with Crippen LogP contribution < -0.4 is 4.74 Å². The van der Waals surface area contributed by atoms with E-state index in [2.05, 4.69) is 0 Å². The Labute approximate surface area is 71.9 Å². The molecule has 0 N–H and O–H groups in total. The number of hydrogen-bond donors (Lipinski definition) is 0. The number of alkyl halides is 1. The van der Waals surface area contributed by atoms with Crippen LogP contribution in [0.5, 0.6) is 5.75 Å². The second kappa shape index (κ2) is 3.63. The average Bonchev–Trinajstić information content (AvgIpc) is 2.04. The quantitative estimate of drug-likeness (QED) is 0.621. The highest BCUT2D eigenvalue weighted by Gasteiger charge is 2.02. The Balaban J connectivity index is 3.13. The van der Waals surface area contributed by atoms with Gasteiger partial charge in [0.05, 0.1) is 13.0 Å². The van der Waals surface area contributed by atoms with Gasteiger partial charge in [0, 0.05) is 5.56 Å². The third-order valence-electron chi connectivity index (χ3n) is 1.72. The van der Waals surface area contributed by atoms with Crippen LogP contribution in [-0.4, -0.2) is 7.11 Å². The SMILES string of the molecule is COc1cccc(C)c1CCl. The van der Waals surface area contributed by atoms with Crippen molar-refractivity contribution in [3.8, 4) is 5.75 Å². The van der Waals surface area contributed by atoms with E-state index in [1.165, 1.54) is 5.56 Å². The molecule has 0 radical (unpaired) electrons. The van der Waals surface area contributed by atoms with Gasteiger partial charge in [-0.3, -0.25) is 0 Å². The molecule has 2 heteroatoms. The monoisotopic (exact) mass is 170 g/mol. The summed E-state index contributed by atoms with van der Waals surface area (Å²) in [6.07, 6.45) is 0. The summed E-state index contributed by atoms with van der Waals surface area (Å²) in [6, 6.07) is 5.91. The van der Waals surface area contributed by atoms with Gasteiger partial charge in [0.2, 0.25) is 0 Å². The van der Waals surface area contributed by atoms with Gasteiger partial charge < -0.3 is 4.74 Å². The van der Waals surface area contributed by atoms with E-state index < -0.39 is 0 Å². The molecule has 1 aromatic rings. The first-order chi connectivity index (χ1) is 5.29. The topological polar surface area (TPSA) is 9.23 Å². The van der Waals surface area contributed by atoms with Crippen LogP contribution in [0.25, 0.3) is 0 Å². The van der Waals surface area contributed by atoms with Gasteiger partial charge in [0.1, 0.15) is 5.75 Å². The highest BCUT2D eigenvalue weighted by Crippen LogP contribution is 2.22. The number of hydrogen-bond acceptors (Lipinski definition) is 1. The second-order valence-corrected chi connectivity index (χ2v) is 2.66. The Hall–Kier alpha value is -0.690. The van der Waals surface area contributed by atoms with Crippen molar-refractivity contribution in [2.45, 2.75) is 12.8 Å². The van der Waals surface area contributed by atoms with Crippen molar-refractivity contribution in [2.75, 3.05) is 7.11 Å². The van der Waals surface area contributed by atoms with Gasteiger partial charge in [-0.2, -0.15) is 0 Å². The molecule has 0 saturated heterocycles. The lowest BCUT2D eigenvalue weighted by Crippen LogP contribution is -1.91. The summed E-state index contributed by atoms with van der Waals surface area (Å²) < 4.78 is 5.13. The maximum atomic E-state index is 5.74. The molecule has 0 aromatic heterocycles. The Bertz CT molecular complexity index is 245. The zero-order chi connectivity index (χ0) is 8.27. The smallest absolute Gasteiger partial charge is 0.123 e. The van der Waals surface area contributed by atoms with E-state index in [-0.39, 0.29) is 0 Å². The Morgan fingerprint density at radius 2 is 2.18 bits per heavy atom. The van der Waals surface area contributed by atoms with Gasteiger partial charge in [0.15, 0.2) is 0 Å². The minimum atomic E-state index is 0.510. The van der Waals surface area contributed by atoms with Crippen LogP contribution in [0.1, 0.15) is 11.1 Å². The van der Waals surface area contributed by atoms with E-state index in [1.807, 2.05) is 25.1 Å². The first-order valence-corrected chi connectivity index (χ1v) is 4.01. The molecular formula is C9H11ClO. The van der Waals surface area contributed by atoms with Gasteiger partial charge in [-0.1, -0.05) is 12.1 Å². The fourth-order valence-electron chi connectivity index (χ4n) is 1.04. The van der Waals surface area contributed by atoms with E-state index in [9.17, 15) is 0 Å². The van der Waals surface area contributed by atoms with Crippen molar-refractivity contribution in [2.24, 2.45) is 0 Å². The number of ether oxygens (including phenoxy) is 1. The standard InChI is InChI=1S/C9H11ClO/c1-7-4-3-5-9(11-2)8(7)6-10/h3-5H,6H2,1-2H3. The summed E-state index contributed by atoms with van der Waals surface area (Å²) in [5.74, 6) is 1.38. The van der Waals surface area contributed by atoms with Crippen LogP contribution in [0.2, 0.25) is 0 Å². The summed E-state index contributed by atoms with van der Waals surface area (Å²) in [6.45, 7) is 2.03. The minimum Gasteiger partial charge on any atom is -0.496 e. The van der Waals surface area contributed by atoms with Crippen LogP contribution >= 0.6 is 11.6 Å². The molecule has 0 spiro atoms. The maximum Gasteiger partial charge on any atom is 0.123 e. The second-order valence-electron chi connectivity index (χ2n) is 2.39. The van der Waals surface area contributed by atoms with Crippen LogP contribution in [0, 0.1) is 6.92 Å². The zero-order valence-electron chi connectivity index (χ0n) is 6.73. The Morgan fingerprint density at radius 3 is 2.64 bits per heavy atom. The molecule has 1 nitrogen and oxygen atoms in total. The molecule has 11 heavy (non-hydrogen) atoms. The Morgan fingerprint density at radius 1 is 1.45 bits per heavy atom. The van der Waals surface area contributed by atoms with Gasteiger partial charge >= 0.3 is 0 Å². The normalized spacial score (nSPS) is 9.73. The van der Waals surface area contributed by atoms with E-state index in [0.717, 1.165) is 11.3 Å². The lowest BCUT2D eigenvalue weighted by atomic mass is 10.1. The lowest BCUT2D eigenvalue weighted by Gasteiger charge is -2.07. The van der Waals surface area contributed by atoms with Gasteiger partial charge in [-0.15, -0.1) is 11.6 Å². The molecular weight excluding hydrogens is 160 g/mol. The molecule has 0 heterocycles. The van der Waals surface area contributed by atoms with Gasteiger partial charge in [-0.05, 0) is 18.6 Å². The van der Waals surface area contributed by atoms with Crippen molar-refractivity contribution in [1.82, 2.24) is 0 Å². The summed E-state index contributed by atoms with van der Waals surface area (Å²) in [7, 11) is 1.66. The molecule has 0 fully saturated rings. The molecule has 0 atom stereocenters. The number of rotatable bonds is 2. The zero-order valence-corrected chi connectivity index (χ0v) is 7.48. The van der Waals surface area contributed by atoms with Crippen LogP contribution in [0.4, 0.5) is 0 Å². The van der Waals surface area contributed by atoms with Crippen molar-refractivity contribution in [3.05, 3.63) is 29.3 Å². The average molecular weight is 171 g/mol. The summed E-state index contributed by atoms with van der Waals surface area (Å²) in [4.78, 5) is 0. The molecule has 0 aliphatic carbocycles. The lowest BCUT2D eigenvalue weighted by molar-refractivity contribution is 0.411. The number of halogens is 1. The molecule has 60 valence electrons. The fourth-order valence-corrected chi connectivity index (χ4v) is 1.38. The maximum absolute atomic E-state index is 5.74. The molecule has 1 rings (SSSR count). The van der Waals surface area contributed by atoms with E-state index >= 15 is 0 Å². The predicted molar refractivity (Wildman–Crippen MR) is 47.3 cm³/mol. The first kappa shape index (κ1) is 8.41. The van der Waals surface area contributed by atoms with E-state index in [1.54, 1.807) is 7.11 Å². The van der Waals surface area contributed by atoms with E-state index in [0.29, 0.717) is 5.88 Å². The van der Waals surface area contributed by atoms with Crippen LogP contribution in [0.3, 0.4) is 0 Å². The third-order valence-corrected chi connectivity index (χ3v) is 1.99. The number of benzene rings is 1. The fraction of sp³-hybridized carbons (Fsp3) is 0.333. The highest BCUT2D eigenvalue weighted by molar-refractivity contribution is 6.17. The molecule has 1 aromatic carbocycles. The molecule has 0 amide bonds. The van der Waals surface area contributed by atoms with Gasteiger partial charge in [-0.25, -0.2) is 0 Å². The highest BCUT2D eigenvalue weighted by atomic mass is 35.5. The van der Waals surface area contributed by atoms with Crippen molar-refractivity contribution >= 4 is 11.6 Å². The molecule has 0 unspecified atom stereocenters. The molecule has 0 aliphatic heterocycles. The van der Waals surface area contributed by atoms with E-state index in [4.69, 9.17) is 16.3 Å². The van der Waals surface area contributed by atoms with Crippen molar-refractivity contribution in [1.29, 1.82) is 0 Å². The number of methoxy groups -OCH3 is 1. The van der Waals surface area contributed by atoms with Crippen LogP contribution in [-0.2, 0) is 5.88 Å². The van der Waals surface area contributed by atoms with Crippen molar-refractivity contribution in [3.63, 3.8) is 0 Å². The van der Waals surface area contributed by atoms with Crippen molar-refractivity contribution < 1.29 is 4.74 Å². The predicted octanol–water partition coefficient (Wildman–Crippen LogP) is 2.74. The third kappa shape index (κ3) is 1.66. The first-order valence-electron chi connectivity index (χ1n) is 3.48. The molecule has 0 bridgehead atoms. The van der Waals surface area contributed by atoms with Gasteiger partial charge in [0.25, 0.3) is 0 Å².